The maximum atomic E-state index is 12.5. The quantitative estimate of drug-likeness (QED) is 0.767. The van der Waals surface area contributed by atoms with Gasteiger partial charge in [0.15, 0.2) is 0 Å². The van der Waals surface area contributed by atoms with Gasteiger partial charge in [-0.25, -0.2) is 4.79 Å². The molecule has 0 radical (unpaired) electrons. The summed E-state index contributed by atoms with van der Waals surface area (Å²) in [7, 11) is 0. The van der Waals surface area contributed by atoms with E-state index in [4.69, 9.17) is 10.4 Å². The third kappa shape index (κ3) is 3.48. The zero-order chi connectivity index (χ0) is 17.8. The number of hydrogen-bond acceptors (Lipinski definition) is 3. The lowest BCUT2D eigenvalue weighted by molar-refractivity contribution is 0.0697. The van der Waals surface area contributed by atoms with E-state index in [1.807, 2.05) is 6.07 Å². The summed E-state index contributed by atoms with van der Waals surface area (Å²) in [5.41, 5.74) is 2.13. The predicted molar refractivity (Wildman–Crippen MR) is 93.2 cm³/mol. The van der Waals surface area contributed by atoms with Crippen molar-refractivity contribution in [2.24, 2.45) is 0 Å². The molecule has 0 aliphatic carbocycles. The number of nitriles is 1. The second kappa shape index (κ2) is 6.85. The van der Waals surface area contributed by atoms with Crippen molar-refractivity contribution in [1.82, 2.24) is 5.32 Å². The Morgan fingerprint density at radius 2 is 1.80 bits per heavy atom. The first-order chi connectivity index (χ1) is 12.1. The van der Waals surface area contributed by atoms with Crippen LogP contribution in [0.15, 0.2) is 60.7 Å². The van der Waals surface area contributed by atoms with Crippen LogP contribution in [0.5, 0.6) is 0 Å². The average Bonchev–Trinajstić information content (AvgIpc) is 2.65. The summed E-state index contributed by atoms with van der Waals surface area (Å²) >= 11 is 0. The third-order valence-corrected chi connectivity index (χ3v) is 3.91. The molecule has 0 atom stereocenters. The van der Waals surface area contributed by atoms with E-state index in [1.54, 1.807) is 54.6 Å². The Morgan fingerprint density at radius 1 is 1.04 bits per heavy atom. The van der Waals surface area contributed by atoms with Crippen LogP contribution in [0.4, 0.5) is 0 Å². The lowest BCUT2D eigenvalue weighted by atomic mass is 10.0. The Balaban J connectivity index is 1.81. The maximum Gasteiger partial charge on any atom is 0.335 e. The summed E-state index contributed by atoms with van der Waals surface area (Å²) < 4.78 is 0. The molecule has 0 aliphatic heterocycles. The first-order valence-corrected chi connectivity index (χ1v) is 7.62. The summed E-state index contributed by atoms with van der Waals surface area (Å²) in [6, 6.07) is 18.9. The predicted octanol–water partition coefficient (Wildman–Crippen LogP) is 3.34. The van der Waals surface area contributed by atoms with Gasteiger partial charge in [0.1, 0.15) is 0 Å². The van der Waals surface area contributed by atoms with E-state index in [2.05, 4.69) is 5.32 Å². The smallest absolute Gasteiger partial charge is 0.335 e. The highest BCUT2D eigenvalue weighted by Gasteiger charge is 2.11. The molecule has 2 N–H and O–H groups in total. The Hall–Kier alpha value is -3.65. The molecule has 3 aromatic carbocycles. The lowest BCUT2D eigenvalue weighted by Crippen LogP contribution is -2.23. The van der Waals surface area contributed by atoms with Gasteiger partial charge in [-0.05, 0) is 46.7 Å². The van der Waals surface area contributed by atoms with Crippen molar-refractivity contribution in [2.45, 2.75) is 6.54 Å². The molecule has 0 aromatic heterocycles. The Labute approximate surface area is 144 Å². The SMILES string of the molecule is N#Cc1ccc(CNC(=O)c2cccc3cc(C(=O)O)ccc23)cc1. The molecule has 3 rings (SSSR count). The van der Waals surface area contributed by atoms with E-state index < -0.39 is 5.97 Å². The fraction of sp³-hybridized carbons (Fsp3) is 0.0500. The van der Waals surface area contributed by atoms with Crippen molar-refractivity contribution in [3.05, 3.63) is 82.9 Å². The standard InChI is InChI=1S/C20H14N2O3/c21-11-13-4-6-14(7-5-13)12-22-19(23)18-3-1-2-15-10-16(20(24)25)8-9-17(15)18/h1-10H,12H2,(H,22,23)(H,24,25). The molecular weight excluding hydrogens is 316 g/mol. The topological polar surface area (TPSA) is 90.2 Å². The number of amides is 1. The molecule has 0 saturated carbocycles. The van der Waals surface area contributed by atoms with E-state index in [0.717, 1.165) is 5.56 Å². The van der Waals surface area contributed by atoms with Crippen LogP contribution in [-0.4, -0.2) is 17.0 Å². The van der Waals surface area contributed by atoms with Crippen LogP contribution in [0, 0.1) is 11.3 Å². The van der Waals surface area contributed by atoms with Gasteiger partial charge in [-0.2, -0.15) is 5.26 Å². The van der Waals surface area contributed by atoms with E-state index in [-0.39, 0.29) is 11.5 Å². The number of aromatic carboxylic acids is 1. The fourth-order valence-corrected chi connectivity index (χ4v) is 2.59. The van der Waals surface area contributed by atoms with Crippen molar-refractivity contribution in [3.63, 3.8) is 0 Å². The number of carbonyl (C=O) groups is 2. The van der Waals surface area contributed by atoms with Gasteiger partial charge in [-0.3, -0.25) is 4.79 Å². The van der Waals surface area contributed by atoms with E-state index >= 15 is 0 Å². The molecule has 122 valence electrons. The number of benzene rings is 3. The molecule has 0 bridgehead atoms. The second-order valence-corrected chi connectivity index (χ2v) is 5.54. The summed E-state index contributed by atoms with van der Waals surface area (Å²) in [6.07, 6.45) is 0. The minimum atomic E-state index is -1.00. The zero-order valence-corrected chi connectivity index (χ0v) is 13.2. The number of carboxylic acids is 1. The number of carbonyl (C=O) groups excluding carboxylic acids is 1. The lowest BCUT2D eigenvalue weighted by Gasteiger charge is -2.09. The number of rotatable bonds is 4. The summed E-state index contributed by atoms with van der Waals surface area (Å²) in [4.78, 5) is 23.6. The van der Waals surface area contributed by atoms with Crippen molar-refractivity contribution in [3.8, 4) is 6.07 Å². The van der Waals surface area contributed by atoms with Crippen LogP contribution in [-0.2, 0) is 6.54 Å². The number of nitrogens with one attached hydrogen (secondary N) is 1. The highest BCUT2D eigenvalue weighted by molar-refractivity contribution is 6.08. The van der Waals surface area contributed by atoms with Crippen LogP contribution in [0.1, 0.15) is 31.8 Å². The number of nitrogens with zero attached hydrogens (tertiary/aromatic N) is 1. The first kappa shape index (κ1) is 16.2. The van der Waals surface area contributed by atoms with Crippen molar-refractivity contribution < 1.29 is 14.7 Å². The van der Waals surface area contributed by atoms with Crippen LogP contribution < -0.4 is 5.32 Å². The number of fused-ring (bicyclic) bond motifs is 1. The molecule has 0 fully saturated rings. The normalized spacial score (nSPS) is 10.2. The molecule has 5 heteroatoms. The Bertz CT molecular complexity index is 1000. The minimum Gasteiger partial charge on any atom is -0.478 e. The van der Waals surface area contributed by atoms with Gasteiger partial charge in [0.25, 0.3) is 5.91 Å². The molecule has 0 spiro atoms. The summed E-state index contributed by atoms with van der Waals surface area (Å²) in [6.45, 7) is 0.341. The highest BCUT2D eigenvalue weighted by Crippen LogP contribution is 2.20. The molecule has 0 aliphatic rings. The Morgan fingerprint density at radius 3 is 2.48 bits per heavy atom. The van der Waals surface area contributed by atoms with Crippen molar-refractivity contribution in [2.75, 3.05) is 0 Å². The minimum absolute atomic E-state index is 0.183. The van der Waals surface area contributed by atoms with Crippen LogP contribution >= 0.6 is 0 Å². The van der Waals surface area contributed by atoms with Crippen molar-refractivity contribution in [1.29, 1.82) is 5.26 Å². The van der Waals surface area contributed by atoms with Gasteiger partial charge in [-0.15, -0.1) is 0 Å². The first-order valence-electron chi connectivity index (χ1n) is 7.62. The van der Waals surface area contributed by atoms with Gasteiger partial charge in [-0.1, -0.05) is 30.3 Å². The molecule has 3 aromatic rings. The average molecular weight is 330 g/mol. The van der Waals surface area contributed by atoms with Crippen molar-refractivity contribution >= 4 is 22.6 Å². The second-order valence-electron chi connectivity index (χ2n) is 5.54. The molecule has 25 heavy (non-hydrogen) atoms. The number of carboxylic acid groups (broad SMARTS) is 1. The molecular formula is C20H14N2O3. The maximum absolute atomic E-state index is 12.5. The molecule has 0 saturated heterocycles. The van der Waals surface area contributed by atoms with E-state index in [1.165, 1.54) is 6.07 Å². The summed E-state index contributed by atoms with van der Waals surface area (Å²) in [5.74, 6) is -1.24. The van der Waals surface area contributed by atoms with Crippen LogP contribution in [0.2, 0.25) is 0 Å². The van der Waals surface area contributed by atoms with Gasteiger partial charge in [0.05, 0.1) is 17.2 Å². The summed E-state index contributed by atoms with van der Waals surface area (Å²) in [5, 5.41) is 22.1. The molecule has 1 amide bonds. The highest BCUT2D eigenvalue weighted by atomic mass is 16.4. The van der Waals surface area contributed by atoms with Gasteiger partial charge < -0.3 is 10.4 Å². The van der Waals surface area contributed by atoms with E-state index in [0.29, 0.717) is 28.4 Å². The third-order valence-electron chi connectivity index (χ3n) is 3.91. The van der Waals surface area contributed by atoms with Crippen LogP contribution in [0.25, 0.3) is 10.8 Å². The van der Waals surface area contributed by atoms with Gasteiger partial charge >= 0.3 is 5.97 Å². The monoisotopic (exact) mass is 330 g/mol. The molecule has 0 unspecified atom stereocenters. The van der Waals surface area contributed by atoms with Crippen LogP contribution in [0.3, 0.4) is 0 Å². The Kier molecular flexibility index (Phi) is 4.44. The van der Waals surface area contributed by atoms with Gasteiger partial charge in [0.2, 0.25) is 0 Å². The fourth-order valence-electron chi connectivity index (χ4n) is 2.59. The largest absolute Gasteiger partial charge is 0.478 e. The number of hydrogen-bond donors (Lipinski definition) is 2. The van der Waals surface area contributed by atoms with E-state index in [9.17, 15) is 9.59 Å². The molecule has 5 nitrogen and oxygen atoms in total. The molecule has 0 heterocycles. The van der Waals surface area contributed by atoms with Gasteiger partial charge in [0, 0.05) is 12.1 Å². The zero-order valence-electron chi connectivity index (χ0n) is 13.2.